The fourth-order valence-electron chi connectivity index (χ4n) is 1.87. The maximum atomic E-state index is 12.2. The van der Waals surface area contributed by atoms with Gasteiger partial charge < -0.3 is 15.2 Å². The van der Waals surface area contributed by atoms with Gasteiger partial charge in [0, 0.05) is 0 Å². The van der Waals surface area contributed by atoms with E-state index in [0.29, 0.717) is 0 Å². The van der Waals surface area contributed by atoms with Gasteiger partial charge in [-0.1, -0.05) is 6.08 Å². The van der Waals surface area contributed by atoms with Crippen LogP contribution in [0.25, 0.3) is 0 Å². The molecule has 0 amide bonds. The largest absolute Gasteiger partial charge is 0.465 e. The van der Waals surface area contributed by atoms with Gasteiger partial charge in [0.25, 0.3) is 0 Å². The van der Waals surface area contributed by atoms with Crippen molar-refractivity contribution in [3.05, 3.63) is 12.7 Å². The fourth-order valence-corrected chi connectivity index (χ4v) is 1.87. The van der Waals surface area contributed by atoms with Crippen LogP contribution in [0.2, 0.25) is 0 Å². The Morgan fingerprint density at radius 1 is 1.39 bits per heavy atom. The molecule has 1 saturated carbocycles. The third-order valence-electron chi connectivity index (χ3n) is 2.96. The standard InChI is InChI=1S/C13H21NO4/c1-6-12(14)8-13(12,9(15)17-7-2)10(16)18-11(3,4)5/h6H,1,7-8,14H2,2-5H3. The van der Waals surface area contributed by atoms with E-state index >= 15 is 0 Å². The van der Waals surface area contributed by atoms with Crippen LogP contribution in [0.5, 0.6) is 0 Å². The van der Waals surface area contributed by atoms with Crippen LogP contribution in [0.3, 0.4) is 0 Å². The summed E-state index contributed by atoms with van der Waals surface area (Å²) in [6.45, 7) is 10.6. The summed E-state index contributed by atoms with van der Waals surface area (Å²) in [5.41, 5.74) is 2.78. The Morgan fingerprint density at radius 3 is 2.28 bits per heavy atom. The average Bonchev–Trinajstić information content (AvgIpc) is 2.85. The topological polar surface area (TPSA) is 78.6 Å². The van der Waals surface area contributed by atoms with Crippen molar-refractivity contribution in [2.45, 2.75) is 45.3 Å². The number of nitrogens with two attached hydrogens (primary N) is 1. The number of carbonyl (C=O) groups is 2. The third kappa shape index (κ3) is 2.27. The van der Waals surface area contributed by atoms with Gasteiger partial charge in [0.15, 0.2) is 5.41 Å². The average molecular weight is 255 g/mol. The van der Waals surface area contributed by atoms with Crippen molar-refractivity contribution in [3.8, 4) is 0 Å². The molecule has 18 heavy (non-hydrogen) atoms. The van der Waals surface area contributed by atoms with Crippen molar-refractivity contribution in [2.24, 2.45) is 11.1 Å². The lowest BCUT2D eigenvalue weighted by Crippen LogP contribution is -2.43. The van der Waals surface area contributed by atoms with Crippen molar-refractivity contribution in [1.82, 2.24) is 0 Å². The van der Waals surface area contributed by atoms with Crippen molar-refractivity contribution in [1.29, 1.82) is 0 Å². The van der Waals surface area contributed by atoms with Crippen LogP contribution in [0, 0.1) is 5.41 Å². The molecule has 5 heteroatoms. The minimum Gasteiger partial charge on any atom is -0.465 e. The normalized spacial score (nSPS) is 30.5. The summed E-state index contributed by atoms with van der Waals surface area (Å²) in [4.78, 5) is 24.2. The molecule has 0 spiro atoms. The molecule has 0 aromatic carbocycles. The van der Waals surface area contributed by atoms with E-state index in [1.165, 1.54) is 6.08 Å². The summed E-state index contributed by atoms with van der Waals surface area (Å²) in [7, 11) is 0. The first-order valence-electron chi connectivity index (χ1n) is 5.96. The van der Waals surface area contributed by atoms with E-state index < -0.39 is 28.5 Å². The lowest BCUT2D eigenvalue weighted by atomic mass is 9.99. The van der Waals surface area contributed by atoms with E-state index in [-0.39, 0.29) is 13.0 Å². The number of carbonyl (C=O) groups excluding carboxylic acids is 2. The molecule has 5 nitrogen and oxygen atoms in total. The fraction of sp³-hybridized carbons (Fsp3) is 0.692. The van der Waals surface area contributed by atoms with Crippen LogP contribution < -0.4 is 5.73 Å². The maximum Gasteiger partial charge on any atom is 0.326 e. The molecule has 0 aromatic rings. The molecule has 2 unspecified atom stereocenters. The van der Waals surface area contributed by atoms with Gasteiger partial charge in [-0.3, -0.25) is 9.59 Å². The summed E-state index contributed by atoms with van der Waals surface area (Å²) < 4.78 is 10.2. The minimum atomic E-state index is -1.43. The molecular weight excluding hydrogens is 234 g/mol. The predicted octanol–water partition coefficient (Wildman–Crippen LogP) is 1.16. The number of rotatable bonds is 4. The Morgan fingerprint density at radius 2 is 1.94 bits per heavy atom. The molecule has 0 radical (unpaired) electrons. The highest BCUT2D eigenvalue weighted by atomic mass is 16.6. The lowest BCUT2D eigenvalue weighted by Gasteiger charge is -2.24. The van der Waals surface area contributed by atoms with Gasteiger partial charge in [0.1, 0.15) is 5.60 Å². The van der Waals surface area contributed by atoms with Gasteiger partial charge in [0.05, 0.1) is 12.1 Å². The van der Waals surface area contributed by atoms with Gasteiger partial charge in [-0.2, -0.15) is 0 Å². The smallest absolute Gasteiger partial charge is 0.326 e. The molecule has 2 atom stereocenters. The SMILES string of the molecule is C=CC1(N)CC1(C(=O)OCC)C(=O)OC(C)(C)C. The highest BCUT2D eigenvalue weighted by Gasteiger charge is 2.76. The zero-order chi connectivity index (χ0) is 14.2. The quantitative estimate of drug-likeness (QED) is 0.463. The summed E-state index contributed by atoms with van der Waals surface area (Å²) in [6.07, 6.45) is 1.59. The second-order valence-corrected chi connectivity index (χ2v) is 5.55. The second-order valence-electron chi connectivity index (χ2n) is 5.55. The molecule has 0 aliphatic heterocycles. The summed E-state index contributed by atoms with van der Waals surface area (Å²) >= 11 is 0. The number of ether oxygens (including phenoxy) is 2. The highest BCUT2D eigenvalue weighted by Crippen LogP contribution is 2.57. The Balaban J connectivity index is 2.99. The van der Waals surface area contributed by atoms with Crippen LogP contribution in [0.1, 0.15) is 34.1 Å². The van der Waals surface area contributed by atoms with Gasteiger partial charge in [-0.15, -0.1) is 6.58 Å². The lowest BCUT2D eigenvalue weighted by molar-refractivity contribution is -0.172. The molecule has 0 heterocycles. The van der Waals surface area contributed by atoms with Gasteiger partial charge in [0.2, 0.25) is 0 Å². The van der Waals surface area contributed by atoms with Gasteiger partial charge in [-0.25, -0.2) is 0 Å². The molecule has 1 aliphatic carbocycles. The van der Waals surface area contributed by atoms with Crippen LogP contribution in [-0.2, 0) is 19.1 Å². The molecule has 102 valence electrons. The molecule has 0 bridgehead atoms. The number of hydrogen-bond donors (Lipinski definition) is 1. The minimum absolute atomic E-state index is 0.178. The van der Waals surface area contributed by atoms with Crippen LogP contribution in [-0.4, -0.2) is 29.7 Å². The summed E-state index contributed by atoms with van der Waals surface area (Å²) in [5.74, 6) is -1.28. The third-order valence-corrected chi connectivity index (χ3v) is 2.96. The zero-order valence-electron chi connectivity index (χ0n) is 11.4. The summed E-state index contributed by atoms with van der Waals surface area (Å²) in [6, 6.07) is 0. The first kappa shape index (κ1) is 14.7. The van der Waals surface area contributed by atoms with Crippen LogP contribution in [0.15, 0.2) is 12.7 Å². The second kappa shape index (κ2) is 4.39. The van der Waals surface area contributed by atoms with E-state index in [1.807, 2.05) is 0 Å². The zero-order valence-corrected chi connectivity index (χ0v) is 11.4. The predicted molar refractivity (Wildman–Crippen MR) is 66.6 cm³/mol. The summed E-state index contributed by atoms with van der Waals surface area (Å²) in [5, 5.41) is 0. The Bertz CT molecular complexity index is 385. The molecule has 0 aromatic heterocycles. The first-order valence-corrected chi connectivity index (χ1v) is 5.96. The molecule has 2 N–H and O–H groups in total. The first-order chi connectivity index (χ1) is 8.13. The monoisotopic (exact) mass is 255 g/mol. The van der Waals surface area contributed by atoms with Crippen LogP contribution >= 0.6 is 0 Å². The Labute approximate surface area is 107 Å². The highest BCUT2D eigenvalue weighted by molar-refractivity contribution is 6.07. The van der Waals surface area contributed by atoms with Gasteiger partial charge >= 0.3 is 11.9 Å². The number of esters is 2. The van der Waals surface area contributed by atoms with E-state index in [0.717, 1.165) is 0 Å². The maximum absolute atomic E-state index is 12.2. The number of hydrogen-bond acceptors (Lipinski definition) is 5. The molecular formula is C13H21NO4. The Hall–Kier alpha value is -1.36. The molecule has 1 fully saturated rings. The molecule has 1 rings (SSSR count). The molecule has 1 aliphatic rings. The Kier molecular flexibility index (Phi) is 3.58. The van der Waals surface area contributed by atoms with Gasteiger partial charge in [-0.05, 0) is 34.1 Å². The molecule has 0 saturated heterocycles. The van der Waals surface area contributed by atoms with Crippen molar-refractivity contribution < 1.29 is 19.1 Å². The van der Waals surface area contributed by atoms with E-state index in [1.54, 1.807) is 27.7 Å². The van der Waals surface area contributed by atoms with E-state index in [2.05, 4.69) is 6.58 Å². The van der Waals surface area contributed by atoms with Crippen LogP contribution in [0.4, 0.5) is 0 Å². The van der Waals surface area contributed by atoms with E-state index in [9.17, 15) is 9.59 Å². The van der Waals surface area contributed by atoms with Crippen molar-refractivity contribution in [2.75, 3.05) is 6.61 Å². The van der Waals surface area contributed by atoms with E-state index in [4.69, 9.17) is 15.2 Å². The van der Waals surface area contributed by atoms with Crippen molar-refractivity contribution in [3.63, 3.8) is 0 Å². The van der Waals surface area contributed by atoms with Crippen molar-refractivity contribution >= 4 is 11.9 Å².